The normalized spacial score (nSPS) is 18.9. The Morgan fingerprint density at radius 1 is 0.742 bits per heavy atom. The second-order valence-corrected chi connectivity index (χ2v) is 9.68. The quantitative estimate of drug-likeness (QED) is 0.105. The topological polar surface area (TPSA) is 32.6 Å². The van der Waals surface area contributed by atoms with Gasteiger partial charge in [0.05, 0.1) is 19.7 Å². The zero-order chi connectivity index (χ0) is 22.5. The Labute approximate surface area is 195 Å². The number of aliphatic imine (C=N–C) groups is 1. The maximum Gasteiger partial charge on any atom is 0.198 e. The molecule has 0 spiro atoms. The molecule has 1 unspecified atom stereocenters. The predicted molar refractivity (Wildman–Crippen MR) is 138 cm³/mol. The van der Waals surface area contributed by atoms with Gasteiger partial charge in [-0.25, -0.2) is 4.99 Å². The Kier molecular flexibility index (Phi) is 18.3. The van der Waals surface area contributed by atoms with Gasteiger partial charge in [-0.1, -0.05) is 96.1 Å². The van der Waals surface area contributed by atoms with Gasteiger partial charge in [-0.2, -0.15) is 0 Å². The summed E-state index contributed by atoms with van der Waals surface area (Å²) in [5.41, 5.74) is 0. The first kappa shape index (κ1) is 28.4. The van der Waals surface area contributed by atoms with Crippen molar-refractivity contribution in [2.24, 2.45) is 4.99 Å². The molecule has 0 amide bonds. The SMILES string of the molecule is CCCCC/C=C/CCCCCCCCCCCCCCC1=NCC[N+]1(CC)CCO. The molecule has 0 saturated carbocycles. The maximum absolute atomic E-state index is 9.40. The van der Waals surface area contributed by atoms with Crippen molar-refractivity contribution >= 4 is 5.84 Å². The molecule has 31 heavy (non-hydrogen) atoms. The average Bonchev–Trinajstić information content (AvgIpc) is 3.18. The van der Waals surface area contributed by atoms with Crippen LogP contribution in [0.15, 0.2) is 17.1 Å². The average molecular weight is 436 g/mol. The lowest BCUT2D eigenvalue weighted by molar-refractivity contribution is -0.835. The Morgan fingerprint density at radius 2 is 1.26 bits per heavy atom. The fraction of sp³-hybridized carbons (Fsp3) is 0.893. The van der Waals surface area contributed by atoms with Crippen molar-refractivity contribution < 1.29 is 9.59 Å². The molecule has 0 radical (unpaired) electrons. The molecule has 1 N–H and O–H groups in total. The van der Waals surface area contributed by atoms with Crippen LogP contribution in [-0.4, -0.2) is 48.2 Å². The smallest absolute Gasteiger partial charge is 0.198 e. The minimum atomic E-state index is 0.281. The number of quaternary nitrogens is 1. The summed E-state index contributed by atoms with van der Waals surface area (Å²) in [6, 6.07) is 0. The molecule has 182 valence electrons. The summed E-state index contributed by atoms with van der Waals surface area (Å²) in [6.45, 7) is 8.78. The summed E-state index contributed by atoms with van der Waals surface area (Å²) in [5.74, 6) is 1.36. The molecule has 0 aromatic rings. The molecule has 0 aliphatic carbocycles. The highest BCUT2D eigenvalue weighted by Gasteiger charge is 2.35. The van der Waals surface area contributed by atoms with Gasteiger partial charge in [0.1, 0.15) is 13.1 Å². The number of rotatable bonds is 22. The van der Waals surface area contributed by atoms with E-state index in [4.69, 9.17) is 4.99 Å². The molecule has 1 heterocycles. The number of hydrogen-bond acceptors (Lipinski definition) is 2. The zero-order valence-electron chi connectivity index (χ0n) is 21.3. The third-order valence-electron chi connectivity index (χ3n) is 7.17. The number of allylic oxidation sites excluding steroid dienone is 2. The standard InChI is InChI=1S/C28H55N2O/c1-3-5-6-7-8-9-10-11-12-13-14-15-16-17-18-19-20-21-22-23-28-29-24-25-30(28,4-2)26-27-31/h8-9,31H,3-7,10-27H2,1-2H3/q+1/b9-8+. The zero-order valence-corrected chi connectivity index (χ0v) is 21.3. The van der Waals surface area contributed by atoms with Crippen molar-refractivity contribution in [1.29, 1.82) is 0 Å². The summed E-state index contributed by atoms with van der Waals surface area (Å²) < 4.78 is 0.951. The molecule has 0 aromatic carbocycles. The van der Waals surface area contributed by atoms with E-state index >= 15 is 0 Å². The van der Waals surface area contributed by atoms with Gasteiger partial charge in [0, 0.05) is 6.42 Å². The Bertz CT molecular complexity index is 460. The summed E-state index contributed by atoms with van der Waals surface area (Å²) in [5, 5.41) is 9.40. The Morgan fingerprint density at radius 3 is 1.77 bits per heavy atom. The number of unbranched alkanes of at least 4 members (excludes halogenated alkanes) is 15. The van der Waals surface area contributed by atoms with E-state index in [1.807, 2.05) is 0 Å². The van der Waals surface area contributed by atoms with Gasteiger partial charge in [0.25, 0.3) is 0 Å². The highest BCUT2D eigenvalue weighted by molar-refractivity contribution is 5.76. The lowest BCUT2D eigenvalue weighted by Gasteiger charge is -2.33. The van der Waals surface area contributed by atoms with E-state index in [0.717, 1.165) is 37.1 Å². The second kappa shape index (κ2) is 20.0. The summed E-state index contributed by atoms with van der Waals surface area (Å²) in [6.07, 6.45) is 29.4. The number of aliphatic hydroxyl groups is 1. The molecule has 1 atom stereocenters. The number of likely N-dealkylation sites (N-methyl/N-ethyl adjacent to an activating group) is 1. The first-order valence-electron chi connectivity index (χ1n) is 13.9. The molecule has 0 aromatic heterocycles. The largest absolute Gasteiger partial charge is 0.390 e. The first-order chi connectivity index (χ1) is 15.3. The van der Waals surface area contributed by atoms with E-state index < -0.39 is 0 Å². The van der Waals surface area contributed by atoms with Crippen LogP contribution in [0.1, 0.15) is 129 Å². The highest BCUT2D eigenvalue weighted by Crippen LogP contribution is 2.20. The lowest BCUT2D eigenvalue weighted by Crippen LogP contribution is -2.52. The molecule has 3 heteroatoms. The predicted octanol–water partition coefficient (Wildman–Crippen LogP) is 7.83. The van der Waals surface area contributed by atoms with Crippen LogP contribution in [0.3, 0.4) is 0 Å². The minimum absolute atomic E-state index is 0.281. The van der Waals surface area contributed by atoms with Crippen LogP contribution in [0.4, 0.5) is 0 Å². The van der Waals surface area contributed by atoms with Crippen molar-refractivity contribution in [2.75, 3.05) is 32.8 Å². The monoisotopic (exact) mass is 435 g/mol. The van der Waals surface area contributed by atoms with Gasteiger partial charge >= 0.3 is 0 Å². The Hall–Kier alpha value is -0.670. The van der Waals surface area contributed by atoms with Gasteiger partial charge in [-0.3, -0.25) is 4.48 Å². The van der Waals surface area contributed by atoms with Gasteiger partial charge in [-0.05, 0) is 39.0 Å². The van der Waals surface area contributed by atoms with Crippen LogP contribution in [0.5, 0.6) is 0 Å². The van der Waals surface area contributed by atoms with Crippen LogP contribution in [0.2, 0.25) is 0 Å². The fourth-order valence-corrected chi connectivity index (χ4v) is 4.96. The van der Waals surface area contributed by atoms with Crippen molar-refractivity contribution in [2.45, 2.75) is 129 Å². The second-order valence-electron chi connectivity index (χ2n) is 9.68. The molecule has 1 rings (SSSR count). The number of aliphatic hydroxyl groups excluding tert-OH is 1. The van der Waals surface area contributed by atoms with Crippen molar-refractivity contribution in [3.63, 3.8) is 0 Å². The van der Waals surface area contributed by atoms with Crippen LogP contribution >= 0.6 is 0 Å². The molecule has 1 aliphatic heterocycles. The van der Waals surface area contributed by atoms with Crippen LogP contribution in [-0.2, 0) is 0 Å². The van der Waals surface area contributed by atoms with Crippen LogP contribution < -0.4 is 0 Å². The molecule has 1 aliphatic rings. The molecule has 0 saturated heterocycles. The van der Waals surface area contributed by atoms with E-state index in [9.17, 15) is 5.11 Å². The van der Waals surface area contributed by atoms with E-state index in [2.05, 4.69) is 26.0 Å². The number of hydrogen-bond donors (Lipinski definition) is 1. The van der Waals surface area contributed by atoms with Gasteiger partial charge in [0.15, 0.2) is 5.84 Å². The van der Waals surface area contributed by atoms with Gasteiger partial charge in [0.2, 0.25) is 0 Å². The minimum Gasteiger partial charge on any atom is -0.390 e. The molecule has 0 fully saturated rings. The van der Waals surface area contributed by atoms with Crippen molar-refractivity contribution in [3.8, 4) is 0 Å². The van der Waals surface area contributed by atoms with Crippen molar-refractivity contribution in [3.05, 3.63) is 12.2 Å². The van der Waals surface area contributed by atoms with E-state index in [0.29, 0.717) is 0 Å². The fourth-order valence-electron chi connectivity index (χ4n) is 4.96. The van der Waals surface area contributed by atoms with E-state index in [1.54, 1.807) is 0 Å². The number of nitrogens with zero attached hydrogens (tertiary/aromatic N) is 2. The highest BCUT2D eigenvalue weighted by atomic mass is 16.3. The van der Waals surface area contributed by atoms with E-state index in [1.165, 1.54) is 115 Å². The molecular formula is C28H55N2O+. The first-order valence-corrected chi connectivity index (χ1v) is 13.9. The summed E-state index contributed by atoms with van der Waals surface area (Å²) >= 11 is 0. The summed E-state index contributed by atoms with van der Waals surface area (Å²) in [4.78, 5) is 4.77. The Balaban J connectivity index is 1.83. The maximum atomic E-state index is 9.40. The van der Waals surface area contributed by atoms with Crippen LogP contribution in [0, 0.1) is 0 Å². The van der Waals surface area contributed by atoms with E-state index in [-0.39, 0.29) is 6.61 Å². The third-order valence-corrected chi connectivity index (χ3v) is 7.17. The van der Waals surface area contributed by atoms with Crippen LogP contribution in [0.25, 0.3) is 0 Å². The molecular weight excluding hydrogens is 380 g/mol. The molecule has 0 bridgehead atoms. The van der Waals surface area contributed by atoms with Gasteiger partial charge in [-0.15, -0.1) is 0 Å². The summed E-state index contributed by atoms with van der Waals surface area (Å²) in [7, 11) is 0. The molecule has 3 nitrogen and oxygen atoms in total. The lowest BCUT2D eigenvalue weighted by atomic mass is 10.0. The third kappa shape index (κ3) is 13.5. The van der Waals surface area contributed by atoms with Gasteiger partial charge < -0.3 is 5.11 Å². The number of amidine groups is 1. The van der Waals surface area contributed by atoms with Crippen molar-refractivity contribution in [1.82, 2.24) is 0 Å².